The summed E-state index contributed by atoms with van der Waals surface area (Å²) in [6.45, 7) is 9.58. The number of anilines is 1. The summed E-state index contributed by atoms with van der Waals surface area (Å²) in [6, 6.07) is 9.26. The fraction of sp³-hybridized carbons (Fsp3) is 0.667. The van der Waals surface area contributed by atoms with Gasteiger partial charge in [-0.2, -0.15) is 0 Å². The second-order valence-corrected chi connectivity index (χ2v) is 12.8. The highest BCUT2D eigenvalue weighted by Crippen LogP contribution is 2.65. The van der Waals surface area contributed by atoms with Crippen LogP contribution in [0.4, 0.5) is 5.69 Å². The summed E-state index contributed by atoms with van der Waals surface area (Å²) in [4.78, 5) is 27.4. The molecule has 5 unspecified atom stereocenters. The van der Waals surface area contributed by atoms with E-state index in [2.05, 4.69) is 43.1 Å². The molecule has 4 aliphatic carbocycles. The molecule has 0 saturated heterocycles. The lowest BCUT2D eigenvalue weighted by Crippen LogP contribution is -2.44. The molecule has 40 heavy (non-hydrogen) atoms. The Morgan fingerprint density at radius 2 is 1.68 bits per heavy atom. The molecule has 0 heterocycles. The van der Waals surface area contributed by atoms with Crippen LogP contribution in [0, 0.1) is 23.2 Å². The molecular weight excluding hydrogens is 494 g/mol. The van der Waals surface area contributed by atoms with Crippen LogP contribution in [0.3, 0.4) is 0 Å². The first-order valence-electron chi connectivity index (χ1n) is 16.2. The maximum Gasteiger partial charge on any atom is 0.156 e. The topological polar surface area (TPSA) is 57.6 Å². The van der Waals surface area contributed by atoms with Gasteiger partial charge in [-0.1, -0.05) is 57.7 Å². The fourth-order valence-corrected chi connectivity index (χ4v) is 8.71. The lowest BCUT2D eigenvalue weighted by molar-refractivity contribution is -0.125. The van der Waals surface area contributed by atoms with E-state index >= 15 is 0 Å². The van der Waals surface area contributed by atoms with Gasteiger partial charge in [0.05, 0.1) is 0 Å². The van der Waals surface area contributed by atoms with Gasteiger partial charge >= 0.3 is 0 Å². The van der Waals surface area contributed by atoms with Gasteiger partial charge in [0.1, 0.15) is 5.78 Å². The van der Waals surface area contributed by atoms with Crippen LogP contribution < -0.4 is 4.90 Å². The average Bonchev–Trinajstić information content (AvgIpc) is 3.32. The summed E-state index contributed by atoms with van der Waals surface area (Å²) in [5, 5.41) is 8.96. The number of ketones is 2. The normalized spacial score (nSPS) is 29.1. The van der Waals surface area contributed by atoms with Gasteiger partial charge in [-0.3, -0.25) is 9.59 Å². The summed E-state index contributed by atoms with van der Waals surface area (Å²) in [6.07, 6.45) is 14.5. The van der Waals surface area contributed by atoms with E-state index in [1.807, 2.05) is 26.8 Å². The van der Waals surface area contributed by atoms with E-state index in [1.54, 1.807) is 5.57 Å². The van der Waals surface area contributed by atoms with Crippen LogP contribution in [0.15, 0.2) is 47.1 Å². The van der Waals surface area contributed by atoms with Crippen LogP contribution in [0.25, 0.3) is 0 Å². The Hall–Kier alpha value is -2.20. The number of unbranched alkanes of at least 4 members (excludes halogenated alkanes) is 4. The first kappa shape index (κ1) is 30.8. The average molecular weight is 548 g/mol. The van der Waals surface area contributed by atoms with Crippen molar-refractivity contribution in [3.63, 3.8) is 0 Å². The van der Waals surface area contributed by atoms with Crippen molar-refractivity contribution < 1.29 is 14.7 Å². The second kappa shape index (κ2) is 13.6. The number of Topliss-reactive ketones (excluding diaryl/α,β-unsaturated/α-hetero) is 1. The van der Waals surface area contributed by atoms with Crippen molar-refractivity contribution in [3.8, 4) is 0 Å². The lowest BCUT2D eigenvalue weighted by Gasteiger charge is -2.52. The van der Waals surface area contributed by atoms with Gasteiger partial charge in [0.15, 0.2) is 5.78 Å². The van der Waals surface area contributed by atoms with Gasteiger partial charge in [0, 0.05) is 44.1 Å². The molecule has 0 aliphatic heterocycles. The molecule has 2 fully saturated rings. The molecule has 1 aromatic carbocycles. The van der Waals surface area contributed by atoms with Crippen molar-refractivity contribution in [2.45, 2.75) is 111 Å². The van der Waals surface area contributed by atoms with Crippen LogP contribution in [0.1, 0.15) is 116 Å². The van der Waals surface area contributed by atoms with E-state index in [4.69, 9.17) is 5.11 Å². The van der Waals surface area contributed by atoms with Crippen LogP contribution >= 0.6 is 0 Å². The zero-order valence-electron chi connectivity index (χ0n) is 25.8. The van der Waals surface area contributed by atoms with Crippen molar-refractivity contribution in [2.24, 2.45) is 23.2 Å². The van der Waals surface area contributed by atoms with Crippen molar-refractivity contribution in [1.29, 1.82) is 0 Å². The molecule has 1 aromatic rings. The molecule has 5 rings (SSSR count). The van der Waals surface area contributed by atoms with E-state index in [9.17, 15) is 9.59 Å². The molecule has 0 bridgehead atoms. The summed E-state index contributed by atoms with van der Waals surface area (Å²) < 4.78 is 0. The molecule has 1 N–H and O–H groups in total. The first-order valence-corrected chi connectivity index (χ1v) is 16.2. The lowest BCUT2D eigenvalue weighted by atomic mass is 9.51. The van der Waals surface area contributed by atoms with Crippen LogP contribution in [0.5, 0.6) is 0 Å². The first-order chi connectivity index (χ1) is 19.3. The SMILES string of the molecule is CC.CC(=O)C1CCC2C3CCC4=CC(=O)CCC4=C3C(c3ccc(N(C)CCCCCCCO)cc3)CC12C. The Labute approximate surface area is 243 Å². The summed E-state index contributed by atoms with van der Waals surface area (Å²) in [7, 11) is 2.18. The van der Waals surface area contributed by atoms with E-state index < -0.39 is 0 Å². The van der Waals surface area contributed by atoms with Crippen molar-refractivity contribution >= 4 is 17.3 Å². The number of aliphatic hydroxyl groups is 1. The zero-order chi connectivity index (χ0) is 28.9. The predicted molar refractivity (Wildman–Crippen MR) is 166 cm³/mol. The highest BCUT2D eigenvalue weighted by Gasteiger charge is 2.57. The molecule has 4 nitrogen and oxygen atoms in total. The fourth-order valence-electron chi connectivity index (χ4n) is 8.71. The van der Waals surface area contributed by atoms with Gasteiger partial charge in [-0.15, -0.1) is 0 Å². The molecule has 0 radical (unpaired) electrons. The minimum Gasteiger partial charge on any atom is -0.396 e. The number of carbonyl (C=O) groups excluding carboxylic acids is 2. The molecule has 0 amide bonds. The maximum absolute atomic E-state index is 12.8. The molecule has 4 heteroatoms. The number of rotatable bonds is 10. The number of aliphatic hydroxyl groups excluding tert-OH is 1. The molecule has 4 aliphatic rings. The molecule has 0 aromatic heterocycles. The Morgan fingerprint density at radius 1 is 0.975 bits per heavy atom. The second-order valence-electron chi connectivity index (χ2n) is 12.8. The van der Waals surface area contributed by atoms with Crippen LogP contribution in [-0.4, -0.2) is 36.9 Å². The number of hydrogen-bond acceptors (Lipinski definition) is 4. The summed E-state index contributed by atoms with van der Waals surface area (Å²) in [5.74, 6) is 2.29. The van der Waals surface area contributed by atoms with Gasteiger partial charge in [-0.25, -0.2) is 0 Å². The number of allylic oxidation sites excluding steroid dienone is 4. The predicted octanol–water partition coefficient (Wildman–Crippen LogP) is 8.20. The number of fused-ring (bicyclic) bond motifs is 4. The van der Waals surface area contributed by atoms with Gasteiger partial charge in [0.2, 0.25) is 0 Å². The third-order valence-corrected chi connectivity index (χ3v) is 10.6. The van der Waals surface area contributed by atoms with Crippen molar-refractivity contribution in [2.75, 3.05) is 25.1 Å². The number of nitrogens with zero attached hydrogens (tertiary/aromatic N) is 1. The molecule has 5 atom stereocenters. The Bertz CT molecular complexity index is 1100. The zero-order valence-corrected chi connectivity index (χ0v) is 25.8. The molecular formula is C36H53NO3. The maximum atomic E-state index is 12.8. The van der Waals surface area contributed by atoms with Gasteiger partial charge in [0.25, 0.3) is 0 Å². The monoisotopic (exact) mass is 547 g/mol. The smallest absolute Gasteiger partial charge is 0.156 e. The minimum absolute atomic E-state index is 0.0580. The van der Waals surface area contributed by atoms with Gasteiger partial charge in [-0.05, 0) is 110 Å². The summed E-state index contributed by atoms with van der Waals surface area (Å²) in [5.41, 5.74) is 7.10. The van der Waals surface area contributed by atoms with Crippen LogP contribution in [0.2, 0.25) is 0 Å². The Balaban J connectivity index is 0.00000181. The highest BCUT2D eigenvalue weighted by atomic mass is 16.3. The molecule has 0 spiro atoms. The van der Waals surface area contributed by atoms with E-state index in [1.165, 1.54) is 41.7 Å². The number of carbonyl (C=O) groups is 2. The van der Waals surface area contributed by atoms with Gasteiger partial charge < -0.3 is 10.0 Å². The highest BCUT2D eigenvalue weighted by molar-refractivity contribution is 5.93. The quantitative estimate of drug-likeness (QED) is 0.300. The standard InChI is InChI=1S/C34H47NO3.C2H6/c1-23(37)31-17-18-32-29-15-11-25-21-27(38)14-16-28(25)33(29)30(22-34(31,32)2)24-9-12-26(13-10-24)35(3)19-7-5-4-6-8-20-36;1-2/h9-10,12-13,21,29-32,36H,4-8,11,14-20,22H2,1-3H3;1-2H3. The van der Waals surface area contributed by atoms with Crippen molar-refractivity contribution in [3.05, 3.63) is 52.6 Å². The Morgan fingerprint density at radius 3 is 2.38 bits per heavy atom. The number of benzene rings is 1. The molecule has 220 valence electrons. The van der Waals surface area contributed by atoms with E-state index in [0.717, 1.165) is 57.9 Å². The largest absolute Gasteiger partial charge is 0.396 e. The minimum atomic E-state index is 0.0580. The summed E-state index contributed by atoms with van der Waals surface area (Å²) >= 11 is 0. The van der Waals surface area contributed by atoms with Crippen LogP contribution in [-0.2, 0) is 9.59 Å². The number of hydrogen-bond donors (Lipinski definition) is 1. The Kier molecular flexibility index (Phi) is 10.5. The van der Waals surface area contributed by atoms with E-state index in [-0.39, 0.29) is 11.3 Å². The third kappa shape index (κ3) is 6.17. The molecule has 2 saturated carbocycles. The third-order valence-electron chi connectivity index (χ3n) is 10.6. The van der Waals surface area contributed by atoms with E-state index in [0.29, 0.717) is 42.3 Å². The van der Waals surface area contributed by atoms with Crippen molar-refractivity contribution in [1.82, 2.24) is 0 Å².